The summed E-state index contributed by atoms with van der Waals surface area (Å²) in [5.74, 6) is 1.06. The number of nitrogens with zero attached hydrogens (tertiary/aromatic N) is 1. The van der Waals surface area contributed by atoms with Crippen LogP contribution >= 0.6 is 0 Å². The maximum atomic E-state index is 12.1. The Labute approximate surface area is 137 Å². The second kappa shape index (κ2) is 8.34. The Bertz CT molecular complexity index is 715. The fraction of sp³-hybridized carbons (Fsp3) is 0.375. The van der Waals surface area contributed by atoms with Crippen LogP contribution in [0.3, 0.4) is 0 Å². The van der Waals surface area contributed by atoms with Gasteiger partial charge in [0.2, 0.25) is 0 Å². The highest BCUT2D eigenvalue weighted by Gasteiger charge is 2.23. The number of aryl methyl sites for hydroxylation is 1. The number of benzene rings is 1. The largest absolute Gasteiger partial charge is 0.465 e. The number of ether oxygens (including phenoxy) is 1. The van der Waals surface area contributed by atoms with Gasteiger partial charge in [0.25, 0.3) is 10.0 Å². The fourth-order valence-corrected chi connectivity index (χ4v) is 2.61. The number of hydrogen-bond donors (Lipinski definition) is 1. The third-order valence-corrected chi connectivity index (χ3v) is 4.30. The summed E-state index contributed by atoms with van der Waals surface area (Å²) in [6.07, 6.45) is 5.32. The lowest BCUT2D eigenvalue weighted by Crippen LogP contribution is -2.27. The van der Waals surface area contributed by atoms with Gasteiger partial charge in [-0.2, -0.15) is 13.5 Å². The van der Waals surface area contributed by atoms with Gasteiger partial charge in [-0.05, 0) is 32.9 Å². The Balaban J connectivity index is 2.94. The van der Waals surface area contributed by atoms with Crippen LogP contribution in [0.25, 0.3) is 0 Å². The first-order valence-corrected chi connectivity index (χ1v) is 8.53. The van der Waals surface area contributed by atoms with Gasteiger partial charge in [-0.1, -0.05) is 17.7 Å². The molecule has 1 aromatic rings. The first kappa shape index (κ1) is 18.7. The number of esters is 1. The van der Waals surface area contributed by atoms with Crippen LogP contribution in [-0.2, 0) is 19.6 Å². The number of sulfonamides is 1. The standard InChI is InChI=1S/C16H20N2O4S/c1-5-7-15(16(19)22-6-2)13(4)17-18-23(20,21)14-10-8-12(3)9-11-14/h1,8-11,15,18H,6-7H2,2-4H3/b17-13+. The summed E-state index contributed by atoms with van der Waals surface area (Å²) >= 11 is 0. The predicted molar refractivity (Wildman–Crippen MR) is 88.2 cm³/mol. The third kappa shape index (κ3) is 5.42. The van der Waals surface area contributed by atoms with Crippen molar-refractivity contribution < 1.29 is 17.9 Å². The van der Waals surface area contributed by atoms with E-state index in [4.69, 9.17) is 11.2 Å². The van der Waals surface area contributed by atoms with Crippen molar-refractivity contribution in [1.29, 1.82) is 0 Å². The Hall–Kier alpha value is -2.33. The zero-order chi connectivity index (χ0) is 17.5. The molecule has 0 aliphatic carbocycles. The molecule has 1 aromatic carbocycles. The molecule has 0 aromatic heterocycles. The second-order valence-electron chi connectivity index (χ2n) is 4.87. The summed E-state index contributed by atoms with van der Waals surface area (Å²) in [5, 5.41) is 3.80. The molecule has 1 atom stereocenters. The molecule has 7 heteroatoms. The zero-order valence-electron chi connectivity index (χ0n) is 13.4. The molecule has 0 spiro atoms. The summed E-state index contributed by atoms with van der Waals surface area (Å²) in [6.45, 7) is 5.27. The minimum absolute atomic E-state index is 0.0838. The molecular formula is C16H20N2O4S. The molecule has 1 unspecified atom stereocenters. The summed E-state index contributed by atoms with van der Waals surface area (Å²) in [5.41, 5.74) is 1.19. The molecule has 0 bridgehead atoms. The Kier molecular flexibility index (Phi) is 6.79. The van der Waals surface area contributed by atoms with Crippen LogP contribution in [0.1, 0.15) is 25.8 Å². The first-order chi connectivity index (χ1) is 10.8. The maximum Gasteiger partial charge on any atom is 0.315 e. The average molecular weight is 336 g/mol. The van der Waals surface area contributed by atoms with Crippen molar-refractivity contribution in [3.8, 4) is 12.3 Å². The normalized spacial score (nSPS) is 13.0. The smallest absolute Gasteiger partial charge is 0.315 e. The van der Waals surface area contributed by atoms with E-state index in [2.05, 4.69) is 15.9 Å². The van der Waals surface area contributed by atoms with Gasteiger partial charge < -0.3 is 4.74 Å². The minimum Gasteiger partial charge on any atom is -0.465 e. The number of rotatable bonds is 7. The van der Waals surface area contributed by atoms with Crippen molar-refractivity contribution >= 4 is 21.7 Å². The van der Waals surface area contributed by atoms with E-state index in [1.165, 1.54) is 19.1 Å². The van der Waals surface area contributed by atoms with Crippen molar-refractivity contribution in [2.75, 3.05) is 6.61 Å². The van der Waals surface area contributed by atoms with Crippen molar-refractivity contribution in [2.24, 2.45) is 11.0 Å². The van der Waals surface area contributed by atoms with Crippen LogP contribution in [0.2, 0.25) is 0 Å². The lowest BCUT2D eigenvalue weighted by atomic mass is 10.0. The monoisotopic (exact) mass is 336 g/mol. The molecule has 0 fully saturated rings. The number of hydrogen-bond acceptors (Lipinski definition) is 5. The molecule has 1 rings (SSSR count). The van der Waals surface area contributed by atoms with Gasteiger partial charge in [-0.15, -0.1) is 12.3 Å². The number of hydrazone groups is 1. The van der Waals surface area contributed by atoms with E-state index < -0.39 is 21.9 Å². The average Bonchev–Trinajstić information content (AvgIpc) is 2.51. The first-order valence-electron chi connectivity index (χ1n) is 7.04. The van der Waals surface area contributed by atoms with E-state index in [1.54, 1.807) is 19.1 Å². The SMILES string of the molecule is C#CCC(C(=O)OCC)/C(C)=N/NS(=O)(=O)c1ccc(C)cc1. The molecule has 0 aliphatic rings. The molecule has 1 N–H and O–H groups in total. The lowest BCUT2D eigenvalue weighted by molar-refractivity contribution is -0.145. The number of nitrogens with one attached hydrogen (secondary N) is 1. The van der Waals surface area contributed by atoms with E-state index in [9.17, 15) is 13.2 Å². The number of terminal acetylenes is 1. The quantitative estimate of drug-likeness (QED) is 0.356. The maximum absolute atomic E-state index is 12.1. The van der Waals surface area contributed by atoms with E-state index >= 15 is 0 Å². The summed E-state index contributed by atoms with van der Waals surface area (Å²) in [7, 11) is -3.80. The van der Waals surface area contributed by atoms with Crippen LogP contribution in [0, 0.1) is 25.2 Å². The summed E-state index contributed by atoms with van der Waals surface area (Å²) in [6, 6.07) is 6.33. The topological polar surface area (TPSA) is 84.8 Å². The fourth-order valence-electron chi connectivity index (χ4n) is 1.74. The predicted octanol–water partition coefficient (Wildman–Crippen LogP) is 1.85. The van der Waals surface area contributed by atoms with Crippen LogP contribution in [-0.4, -0.2) is 26.7 Å². The van der Waals surface area contributed by atoms with Crippen LogP contribution in [0.5, 0.6) is 0 Å². The van der Waals surface area contributed by atoms with Crippen molar-refractivity contribution in [2.45, 2.75) is 32.1 Å². The van der Waals surface area contributed by atoms with Gasteiger partial charge in [0.15, 0.2) is 0 Å². The number of carbonyl (C=O) groups is 1. The van der Waals surface area contributed by atoms with E-state index in [0.717, 1.165) is 5.56 Å². The highest BCUT2D eigenvalue weighted by Crippen LogP contribution is 2.11. The van der Waals surface area contributed by atoms with Gasteiger partial charge in [-0.25, -0.2) is 4.83 Å². The zero-order valence-corrected chi connectivity index (χ0v) is 14.2. The highest BCUT2D eigenvalue weighted by molar-refractivity contribution is 7.89. The molecule has 0 amide bonds. The van der Waals surface area contributed by atoms with E-state index in [1.807, 2.05) is 6.92 Å². The highest BCUT2D eigenvalue weighted by atomic mass is 32.2. The molecule has 0 radical (unpaired) electrons. The van der Waals surface area contributed by atoms with Gasteiger partial charge >= 0.3 is 5.97 Å². The lowest BCUT2D eigenvalue weighted by Gasteiger charge is -2.13. The summed E-state index contributed by atoms with van der Waals surface area (Å²) < 4.78 is 29.2. The Morgan fingerprint density at radius 3 is 2.52 bits per heavy atom. The summed E-state index contributed by atoms with van der Waals surface area (Å²) in [4.78, 5) is 14.0. The van der Waals surface area contributed by atoms with Crippen LogP contribution in [0.4, 0.5) is 0 Å². The van der Waals surface area contributed by atoms with E-state index in [-0.39, 0.29) is 23.6 Å². The van der Waals surface area contributed by atoms with Gasteiger partial charge in [-0.3, -0.25) is 4.79 Å². The number of carbonyl (C=O) groups excluding carboxylic acids is 1. The van der Waals surface area contributed by atoms with Crippen LogP contribution in [0.15, 0.2) is 34.3 Å². The molecule has 124 valence electrons. The van der Waals surface area contributed by atoms with Crippen molar-refractivity contribution in [1.82, 2.24) is 4.83 Å². The van der Waals surface area contributed by atoms with Crippen LogP contribution < -0.4 is 4.83 Å². The molecule has 0 saturated carbocycles. The van der Waals surface area contributed by atoms with Crippen molar-refractivity contribution in [3.63, 3.8) is 0 Å². The van der Waals surface area contributed by atoms with E-state index in [0.29, 0.717) is 0 Å². The van der Waals surface area contributed by atoms with Gasteiger partial charge in [0.05, 0.1) is 17.2 Å². The Morgan fingerprint density at radius 1 is 1.39 bits per heavy atom. The molecule has 0 saturated heterocycles. The van der Waals surface area contributed by atoms with Crippen molar-refractivity contribution in [3.05, 3.63) is 29.8 Å². The molecule has 23 heavy (non-hydrogen) atoms. The van der Waals surface area contributed by atoms with Gasteiger partial charge in [0, 0.05) is 6.42 Å². The molecule has 0 heterocycles. The second-order valence-corrected chi connectivity index (χ2v) is 6.53. The third-order valence-electron chi connectivity index (χ3n) is 3.07. The molecule has 0 aliphatic heterocycles. The Morgan fingerprint density at radius 2 is 2.00 bits per heavy atom. The molecule has 6 nitrogen and oxygen atoms in total. The molecular weight excluding hydrogens is 316 g/mol. The van der Waals surface area contributed by atoms with Gasteiger partial charge in [0.1, 0.15) is 5.92 Å². The minimum atomic E-state index is -3.80.